The molecule has 1 aromatic carbocycles. The fraction of sp³-hybridized carbons (Fsp3) is 0.235. The van der Waals surface area contributed by atoms with Crippen LogP contribution >= 0.6 is 0 Å². The van der Waals surface area contributed by atoms with Gasteiger partial charge in [0.05, 0.1) is 29.9 Å². The number of halogens is 3. The molecular weight excluding hydrogens is 377 g/mol. The minimum absolute atomic E-state index is 0.0599. The summed E-state index contributed by atoms with van der Waals surface area (Å²) in [5.74, 6) is -0.469. The number of alkyl halides is 3. The van der Waals surface area contributed by atoms with Crippen molar-refractivity contribution < 1.29 is 18.0 Å². The van der Waals surface area contributed by atoms with E-state index in [2.05, 4.69) is 15.4 Å². The van der Waals surface area contributed by atoms with Crippen LogP contribution in [0.15, 0.2) is 41.6 Å². The highest BCUT2D eigenvalue weighted by molar-refractivity contribution is 5.77. The average molecular weight is 390 g/mol. The summed E-state index contributed by atoms with van der Waals surface area (Å²) in [6.45, 7) is -0.144. The SMILES string of the molecule is N#CCCNC(=O)Cn1cnc2c(cnn2-c2cccc(C(F)(F)F)c2)c1=O. The zero-order valence-corrected chi connectivity index (χ0v) is 14.3. The fourth-order valence-electron chi connectivity index (χ4n) is 2.53. The highest BCUT2D eigenvalue weighted by atomic mass is 19.4. The first-order valence-corrected chi connectivity index (χ1v) is 8.05. The standard InChI is InChI=1S/C17H13F3N6O2/c18-17(19,20)11-3-1-4-12(7-11)26-15-13(8-24-26)16(28)25(10-23-15)9-14(27)22-6-2-5-21/h1,3-4,7-8,10H,2,6,9H2,(H,22,27). The molecular formula is C17H13F3N6O2. The molecule has 0 unspecified atom stereocenters. The Bertz CT molecular complexity index is 1130. The smallest absolute Gasteiger partial charge is 0.354 e. The number of rotatable bonds is 5. The largest absolute Gasteiger partial charge is 0.416 e. The van der Waals surface area contributed by atoms with Gasteiger partial charge < -0.3 is 5.32 Å². The predicted octanol–water partition coefficient (Wildman–Crippen LogP) is 1.63. The van der Waals surface area contributed by atoms with Crippen LogP contribution in [0.2, 0.25) is 0 Å². The van der Waals surface area contributed by atoms with E-state index in [0.29, 0.717) is 0 Å². The minimum Gasteiger partial charge on any atom is -0.354 e. The molecule has 2 aromatic heterocycles. The molecule has 0 aliphatic rings. The second-order valence-electron chi connectivity index (χ2n) is 5.78. The van der Waals surface area contributed by atoms with E-state index in [0.717, 1.165) is 27.7 Å². The second kappa shape index (κ2) is 7.51. The van der Waals surface area contributed by atoms with Crippen LogP contribution < -0.4 is 10.9 Å². The Morgan fingerprint density at radius 1 is 1.32 bits per heavy atom. The molecule has 0 radical (unpaired) electrons. The molecule has 3 aromatic rings. The van der Waals surface area contributed by atoms with Gasteiger partial charge in [-0.2, -0.15) is 23.5 Å². The van der Waals surface area contributed by atoms with Gasteiger partial charge in [-0.15, -0.1) is 0 Å². The lowest BCUT2D eigenvalue weighted by atomic mass is 10.2. The third-order valence-corrected chi connectivity index (χ3v) is 3.85. The van der Waals surface area contributed by atoms with Crippen molar-refractivity contribution in [1.29, 1.82) is 5.26 Å². The van der Waals surface area contributed by atoms with Gasteiger partial charge in [0.2, 0.25) is 5.91 Å². The van der Waals surface area contributed by atoms with Crippen LogP contribution in [0.3, 0.4) is 0 Å². The number of nitriles is 1. The number of hydrogen-bond donors (Lipinski definition) is 1. The normalized spacial score (nSPS) is 11.4. The molecule has 3 rings (SSSR count). The number of carbonyl (C=O) groups is 1. The van der Waals surface area contributed by atoms with Gasteiger partial charge >= 0.3 is 6.18 Å². The van der Waals surface area contributed by atoms with Gasteiger partial charge in [-0.1, -0.05) is 6.07 Å². The molecule has 28 heavy (non-hydrogen) atoms. The Morgan fingerprint density at radius 3 is 2.82 bits per heavy atom. The van der Waals surface area contributed by atoms with E-state index in [1.807, 2.05) is 6.07 Å². The van der Waals surface area contributed by atoms with Crippen molar-refractivity contribution in [3.63, 3.8) is 0 Å². The molecule has 0 saturated carbocycles. The van der Waals surface area contributed by atoms with Crippen LogP contribution in [0.1, 0.15) is 12.0 Å². The van der Waals surface area contributed by atoms with Crippen LogP contribution in [0.4, 0.5) is 13.2 Å². The van der Waals surface area contributed by atoms with Gasteiger partial charge in [0.15, 0.2) is 5.65 Å². The molecule has 11 heteroatoms. The maximum atomic E-state index is 12.9. The second-order valence-corrected chi connectivity index (χ2v) is 5.78. The molecule has 0 aliphatic heterocycles. The number of carbonyl (C=O) groups excluding carboxylic acids is 1. The summed E-state index contributed by atoms with van der Waals surface area (Å²) >= 11 is 0. The quantitative estimate of drug-likeness (QED) is 0.667. The predicted molar refractivity (Wildman–Crippen MR) is 91.4 cm³/mol. The number of hydrogen-bond acceptors (Lipinski definition) is 5. The highest BCUT2D eigenvalue weighted by Gasteiger charge is 2.30. The van der Waals surface area contributed by atoms with Crippen molar-refractivity contribution in [2.45, 2.75) is 19.1 Å². The Kier molecular flexibility index (Phi) is 5.12. The van der Waals surface area contributed by atoms with Gasteiger partial charge in [0, 0.05) is 6.54 Å². The van der Waals surface area contributed by atoms with E-state index in [9.17, 15) is 22.8 Å². The van der Waals surface area contributed by atoms with Crippen molar-refractivity contribution in [2.75, 3.05) is 6.54 Å². The lowest BCUT2D eigenvalue weighted by Gasteiger charge is -2.09. The molecule has 1 N–H and O–H groups in total. The Labute approximate surface area is 155 Å². The summed E-state index contributed by atoms with van der Waals surface area (Å²) in [5, 5.41) is 15.0. The van der Waals surface area contributed by atoms with Crippen molar-refractivity contribution in [2.24, 2.45) is 0 Å². The van der Waals surface area contributed by atoms with E-state index >= 15 is 0 Å². The van der Waals surface area contributed by atoms with Crippen molar-refractivity contribution >= 4 is 16.9 Å². The minimum atomic E-state index is -4.52. The van der Waals surface area contributed by atoms with Gasteiger partial charge in [0.25, 0.3) is 5.56 Å². The lowest BCUT2D eigenvalue weighted by molar-refractivity contribution is -0.137. The maximum Gasteiger partial charge on any atom is 0.416 e. The lowest BCUT2D eigenvalue weighted by Crippen LogP contribution is -2.32. The maximum absolute atomic E-state index is 12.9. The number of benzene rings is 1. The van der Waals surface area contributed by atoms with Crippen LogP contribution in [0.25, 0.3) is 16.7 Å². The van der Waals surface area contributed by atoms with Crippen LogP contribution in [-0.2, 0) is 17.5 Å². The molecule has 0 atom stereocenters. The van der Waals surface area contributed by atoms with E-state index in [4.69, 9.17) is 5.26 Å². The number of nitrogens with zero attached hydrogens (tertiary/aromatic N) is 5. The monoisotopic (exact) mass is 390 g/mol. The van der Waals surface area contributed by atoms with Crippen LogP contribution in [-0.4, -0.2) is 31.8 Å². The third kappa shape index (κ3) is 3.85. The van der Waals surface area contributed by atoms with Crippen LogP contribution in [0.5, 0.6) is 0 Å². The molecule has 144 valence electrons. The first kappa shape index (κ1) is 19.1. The topological polar surface area (TPSA) is 106 Å². The summed E-state index contributed by atoms with van der Waals surface area (Å²) in [6.07, 6.45) is -2.06. The summed E-state index contributed by atoms with van der Waals surface area (Å²) in [4.78, 5) is 28.4. The van der Waals surface area contributed by atoms with Crippen molar-refractivity contribution in [1.82, 2.24) is 24.6 Å². The molecule has 2 heterocycles. The van der Waals surface area contributed by atoms with E-state index in [1.165, 1.54) is 18.3 Å². The van der Waals surface area contributed by atoms with Crippen molar-refractivity contribution in [3.8, 4) is 11.8 Å². The first-order valence-electron chi connectivity index (χ1n) is 8.05. The van der Waals surface area contributed by atoms with E-state index in [1.54, 1.807) is 0 Å². The summed E-state index contributed by atoms with van der Waals surface area (Å²) in [6, 6.07) is 6.36. The third-order valence-electron chi connectivity index (χ3n) is 3.85. The number of nitrogens with one attached hydrogen (secondary N) is 1. The van der Waals surface area contributed by atoms with Crippen LogP contribution in [0, 0.1) is 11.3 Å². The fourth-order valence-corrected chi connectivity index (χ4v) is 2.53. The summed E-state index contributed by atoms with van der Waals surface area (Å²) in [7, 11) is 0. The molecule has 0 spiro atoms. The Balaban J connectivity index is 1.93. The Hall–Kier alpha value is -3.68. The molecule has 0 bridgehead atoms. The molecule has 0 fully saturated rings. The number of aromatic nitrogens is 4. The van der Waals surface area contributed by atoms with Gasteiger partial charge in [-0.3, -0.25) is 14.2 Å². The van der Waals surface area contributed by atoms with Crippen molar-refractivity contribution in [3.05, 3.63) is 52.7 Å². The van der Waals surface area contributed by atoms with Gasteiger partial charge in [-0.05, 0) is 18.2 Å². The summed E-state index contributed by atoms with van der Waals surface area (Å²) < 4.78 is 40.9. The van der Waals surface area contributed by atoms with Gasteiger partial charge in [0.1, 0.15) is 18.3 Å². The molecule has 8 nitrogen and oxygen atoms in total. The molecule has 1 amide bonds. The zero-order chi connectivity index (χ0) is 20.3. The molecule has 0 saturated heterocycles. The van der Waals surface area contributed by atoms with E-state index < -0.39 is 23.2 Å². The number of fused-ring (bicyclic) bond motifs is 1. The highest BCUT2D eigenvalue weighted by Crippen LogP contribution is 2.30. The molecule has 0 aliphatic carbocycles. The Morgan fingerprint density at radius 2 is 2.11 bits per heavy atom. The van der Waals surface area contributed by atoms with E-state index in [-0.39, 0.29) is 36.2 Å². The number of amides is 1. The van der Waals surface area contributed by atoms with Gasteiger partial charge in [-0.25, -0.2) is 9.67 Å². The summed E-state index contributed by atoms with van der Waals surface area (Å²) in [5.41, 5.74) is -1.23. The zero-order valence-electron chi connectivity index (χ0n) is 14.3. The first-order chi connectivity index (χ1) is 13.3. The average Bonchev–Trinajstić information content (AvgIpc) is 3.08.